The first-order chi connectivity index (χ1) is 7.39. The number of alkyl halides is 4. The van der Waals surface area contributed by atoms with Gasteiger partial charge in [-0.1, -0.05) is 0 Å². The molecule has 0 aromatic carbocycles. The Morgan fingerprint density at radius 1 is 1.44 bits per heavy atom. The number of hydrogen-bond acceptors (Lipinski definition) is 3. The number of ether oxygens (including phenoxy) is 1. The van der Waals surface area contributed by atoms with Crippen molar-refractivity contribution in [3.63, 3.8) is 0 Å². The first-order valence-electron chi connectivity index (χ1n) is 3.98. The molecule has 0 amide bonds. The minimum absolute atomic E-state index is 0.0869. The lowest BCUT2D eigenvalue weighted by Crippen LogP contribution is -2.20. The highest BCUT2D eigenvalue weighted by atomic mass is 127. The summed E-state index contributed by atoms with van der Waals surface area (Å²) in [5.41, 5.74) is -0.360. The fraction of sp³-hybridized carbons (Fsp3) is 0.375. The van der Waals surface area contributed by atoms with E-state index in [0.29, 0.717) is 0 Å². The summed E-state index contributed by atoms with van der Waals surface area (Å²) in [5.74, 6) is -0.647. The van der Waals surface area contributed by atoms with Gasteiger partial charge in [0.1, 0.15) is 10.4 Å². The molecule has 0 fully saturated rings. The van der Waals surface area contributed by atoms with Crippen molar-refractivity contribution in [2.24, 2.45) is 0 Å². The lowest BCUT2D eigenvalue weighted by molar-refractivity contribution is -0.275. The molecule has 3 nitrogen and oxygen atoms in total. The molecule has 0 unspecified atom stereocenters. The average molecular weight is 351 g/mol. The van der Waals surface area contributed by atoms with Crippen LogP contribution in [0.1, 0.15) is 11.1 Å². The molecular formula is C8H6F4INO2. The molecule has 0 aliphatic heterocycles. The summed E-state index contributed by atoms with van der Waals surface area (Å²) in [6.07, 6.45) is -3.84. The molecule has 1 aromatic heterocycles. The van der Waals surface area contributed by atoms with Crippen LogP contribution in [0.3, 0.4) is 0 Å². The van der Waals surface area contributed by atoms with E-state index in [4.69, 9.17) is 5.11 Å². The summed E-state index contributed by atoms with van der Waals surface area (Å²) < 4.78 is 52.2. The van der Waals surface area contributed by atoms with E-state index in [2.05, 4.69) is 9.72 Å². The van der Waals surface area contributed by atoms with Gasteiger partial charge in [-0.05, 0) is 22.6 Å². The molecule has 16 heavy (non-hydrogen) atoms. The summed E-state index contributed by atoms with van der Waals surface area (Å²) in [6, 6.07) is 0. The van der Waals surface area contributed by atoms with Crippen LogP contribution in [0.25, 0.3) is 0 Å². The first kappa shape index (κ1) is 13.4. The van der Waals surface area contributed by atoms with E-state index >= 15 is 0 Å². The zero-order chi connectivity index (χ0) is 12.3. The number of nitrogens with zero attached hydrogens (tertiary/aromatic N) is 1. The smallest absolute Gasteiger partial charge is 0.403 e. The van der Waals surface area contributed by atoms with Crippen molar-refractivity contribution in [3.8, 4) is 5.75 Å². The van der Waals surface area contributed by atoms with E-state index in [-0.39, 0.29) is 14.8 Å². The largest absolute Gasteiger partial charge is 0.573 e. The van der Waals surface area contributed by atoms with Crippen molar-refractivity contribution in [1.29, 1.82) is 0 Å². The summed E-state index contributed by atoms with van der Waals surface area (Å²) >= 11 is 1.51. The maximum Gasteiger partial charge on any atom is 0.573 e. The molecule has 1 aromatic rings. The second-order valence-electron chi connectivity index (χ2n) is 2.72. The average Bonchev–Trinajstić information content (AvgIpc) is 2.19. The number of hydrogen-bond donors (Lipinski definition) is 1. The number of rotatable bonds is 3. The fourth-order valence-corrected chi connectivity index (χ4v) is 1.62. The highest BCUT2D eigenvalue weighted by molar-refractivity contribution is 14.1. The van der Waals surface area contributed by atoms with E-state index in [1.54, 1.807) is 0 Å². The van der Waals surface area contributed by atoms with Crippen LogP contribution in [0.2, 0.25) is 0 Å². The molecule has 0 spiro atoms. The Kier molecular flexibility index (Phi) is 4.30. The SMILES string of the molecule is OCc1c(CF)cnc(I)c1OC(F)(F)F. The number of aromatic nitrogens is 1. The fourth-order valence-electron chi connectivity index (χ4n) is 1.05. The second-order valence-corrected chi connectivity index (χ2v) is 3.74. The normalized spacial score (nSPS) is 11.6. The van der Waals surface area contributed by atoms with Crippen LogP contribution in [0.5, 0.6) is 5.75 Å². The van der Waals surface area contributed by atoms with E-state index in [1.165, 1.54) is 22.6 Å². The standard InChI is InChI=1S/C8H6F4INO2/c9-1-4-2-14-7(13)6(5(4)3-15)16-8(10,11)12/h2,15H,1,3H2. The van der Waals surface area contributed by atoms with Crippen molar-refractivity contribution in [3.05, 3.63) is 21.0 Å². The topological polar surface area (TPSA) is 42.4 Å². The van der Waals surface area contributed by atoms with Gasteiger partial charge in [0.05, 0.1) is 6.61 Å². The van der Waals surface area contributed by atoms with Crippen LogP contribution < -0.4 is 4.74 Å². The molecule has 0 radical (unpaired) electrons. The van der Waals surface area contributed by atoms with Gasteiger partial charge < -0.3 is 9.84 Å². The van der Waals surface area contributed by atoms with Crippen LogP contribution in [0.4, 0.5) is 17.6 Å². The molecule has 1 N–H and O–H groups in total. The number of halogens is 5. The minimum atomic E-state index is -4.90. The summed E-state index contributed by atoms with van der Waals surface area (Å²) in [5, 5.41) is 8.91. The third kappa shape index (κ3) is 3.17. The Bertz CT molecular complexity index is 383. The van der Waals surface area contributed by atoms with Gasteiger partial charge in [-0.25, -0.2) is 9.37 Å². The van der Waals surface area contributed by atoms with Gasteiger partial charge >= 0.3 is 6.36 Å². The molecule has 0 saturated heterocycles. The Morgan fingerprint density at radius 3 is 2.50 bits per heavy atom. The highest BCUT2D eigenvalue weighted by Crippen LogP contribution is 2.32. The van der Waals surface area contributed by atoms with Crippen molar-refractivity contribution in [2.45, 2.75) is 19.6 Å². The van der Waals surface area contributed by atoms with E-state index < -0.39 is 25.4 Å². The molecule has 0 bridgehead atoms. The van der Waals surface area contributed by atoms with Crippen molar-refractivity contribution in [1.82, 2.24) is 4.98 Å². The van der Waals surface area contributed by atoms with Crippen LogP contribution in [-0.4, -0.2) is 16.5 Å². The molecule has 0 aliphatic rings. The van der Waals surface area contributed by atoms with E-state index in [1.807, 2.05) is 0 Å². The number of pyridine rings is 1. The summed E-state index contributed by atoms with van der Waals surface area (Å²) in [4.78, 5) is 3.55. The summed E-state index contributed by atoms with van der Waals surface area (Å²) in [7, 11) is 0. The lowest BCUT2D eigenvalue weighted by Gasteiger charge is -2.15. The predicted octanol–water partition coefficient (Wildman–Crippen LogP) is 2.55. The van der Waals surface area contributed by atoms with Gasteiger partial charge in [-0.15, -0.1) is 13.2 Å². The molecule has 8 heteroatoms. The number of aliphatic hydroxyl groups is 1. The van der Waals surface area contributed by atoms with Crippen LogP contribution in [0, 0.1) is 3.70 Å². The van der Waals surface area contributed by atoms with Crippen LogP contribution in [0.15, 0.2) is 6.20 Å². The van der Waals surface area contributed by atoms with Gasteiger partial charge in [0, 0.05) is 17.3 Å². The molecule has 1 heterocycles. The summed E-state index contributed by atoms with van der Waals surface area (Å²) in [6.45, 7) is -1.77. The van der Waals surface area contributed by atoms with Gasteiger partial charge in [-0.2, -0.15) is 0 Å². The van der Waals surface area contributed by atoms with E-state index in [0.717, 1.165) is 6.20 Å². The highest BCUT2D eigenvalue weighted by Gasteiger charge is 2.34. The third-order valence-electron chi connectivity index (χ3n) is 1.70. The van der Waals surface area contributed by atoms with Crippen LogP contribution >= 0.6 is 22.6 Å². The Balaban J connectivity index is 3.23. The quantitative estimate of drug-likeness (QED) is 0.517. The van der Waals surface area contributed by atoms with Gasteiger partial charge in [-0.3, -0.25) is 0 Å². The van der Waals surface area contributed by atoms with Crippen LogP contribution in [-0.2, 0) is 13.3 Å². The van der Waals surface area contributed by atoms with Gasteiger partial charge in [0.15, 0.2) is 5.75 Å². The zero-order valence-electron chi connectivity index (χ0n) is 7.68. The molecule has 90 valence electrons. The monoisotopic (exact) mass is 351 g/mol. The Hall–Kier alpha value is -0.640. The van der Waals surface area contributed by atoms with Gasteiger partial charge in [0.25, 0.3) is 0 Å². The van der Waals surface area contributed by atoms with Gasteiger partial charge in [0.2, 0.25) is 0 Å². The zero-order valence-corrected chi connectivity index (χ0v) is 9.84. The lowest BCUT2D eigenvalue weighted by atomic mass is 10.1. The Labute approximate surface area is 102 Å². The first-order valence-corrected chi connectivity index (χ1v) is 5.05. The predicted molar refractivity (Wildman–Crippen MR) is 54.4 cm³/mol. The maximum atomic E-state index is 12.4. The van der Waals surface area contributed by atoms with E-state index in [9.17, 15) is 17.6 Å². The molecular weight excluding hydrogens is 345 g/mol. The van der Waals surface area contributed by atoms with Crippen molar-refractivity contribution < 1.29 is 27.4 Å². The molecule has 0 saturated carbocycles. The maximum absolute atomic E-state index is 12.4. The molecule has 0 aliphatic carbocycles. The van der Waals surface area contributed by atoms with Crippen molar-refractivity contribution >= 4 is 22.6 Å². The Morgan fingerprint density at radius 2 is 2.06 bits per heavy atom. The molecule has 0 atom stereocenters. The minimum Gasteiger partial charge on any atom is -0.403 e. The second kappa shape index (κ2) is 5.13. The third-order valence-corrected chi connectivity index (χ3v) is 2.47. The van der Waals surface area contributed by atoms with Crippen molar-refractivity contribution in [2.75, 3.05) is 0 Å². The molecule has 1 rings (SSSR count). The number of aliphatic hydroxyl groups excluding tert-OH is 1.